The van der Waals surface area contributed by atoms with Crippen molar-refractivity contribution in [3.63, 3.8) is 0 Å². The molecular weight excluding hydrogens is 534 g/mol. The standard InChI is InChI=1S/C37H23N3OS/c41-37-26-14-5-4-13-24(26)25-15-10-20-33-34(25)40(37)31-22-21-30-35-36(31)42(33)32-19-9-8-18-29(32)39(35)28-17-7-6-16-27(28)38(30)23-11-2-1-3-12-23/h1-22,42H. The Morgan fingerprint density at radius 2 is 1.07 bits per heavy atom. The van der Waals surface area contributed by atoms with Crippen molar-refractivity contribution in [2.75, 3.05) is 9.80 Å². The fraction of sp³-hybridized carbons (Fsp3) is 0. The maximum atomic E-state index is 14.4. The Balaban J connectivity index is 1.42. The molecule has 0 amide bonds. The van der Waals surface area contributed by atoms with Crippen LogP contribution in [0, 0.1) is 0 Å². The third kappa shape index (κ3) is 2.63. The van der Waals surface area contributed by atoms with Gasteiger partial charge in [-0.3, -0.25) is 9.36 Å². The van der Waals surface area contributed by atoms with Crippen LogP contribution in [0.2, 0.25) is 0 Å². The summed E-state index contributed by atoms with van der Waals surface area (Å²) in [4.78, 5) is 23.0. The molecule has 198 valence electrons. The highest BCUT2D eigenvalue weighted by molar-refractivity contribution is 8.17. The Bertz CT molecular complexity index is 2360. The summed E-state index contributed by atoms with van der Waals surface area (Å²) in [7, 11) is -0.928. The van der Waals surface area contributed by atoms with Gasteiger partial charge in [0.25, 0.3) is 5.56 Å². The number of hydrogen-bond acceptors (Lipinski definition) is 3. The van der Waals surface area contributed by atoms with Gasteiger partial charge in [-0.1, -0.05) is 72.8 Å². The van der Waals surface area contributed by atoms with Gasteiger partial charge in [-0.25, -0.2) is 0 Å². The second kappa shape index (κ2) is 7.93. The summed E-state index contributed by atoms with van der Waals surface area (Å²) in [5.74, 6) is 0. The number of para-hydroxylation sites is 5. The van der Waals surface area contributed by atoms with Crippen LogP contribution in [0.25, 0.3) is 27.4 Å². The van der Waals surface area contributed by atoms with Crippen molar-refractivity contribution in [2.45, 2.75) is 14.7 Å². The first-order chi connectivity index (χ1) is 20.8. The minimum Gasteiger partial charge on any atom is -0.306 e. The molecule has 0 saturated heterocycles. The zero-order chi connectivity index (χ0) is 27.5. The summed E-state index contributed by atoms with van der Waals surface area (Å²) in [5, 5.41) is 2.90. The smallest absolute Gasteiger partial charge is 0.263 e. The molecule has 0 aliphatic carbocycles. The van der Waals surface area contributed by atoms with Crippen molar-refractivity contribution in [2.24, 2.45) is 0 Å². The SMILES string of the molecule is O=c1c2ccccc2c2cccc3c2n1-c1ccc2c4c1[SH]3c1ccccc1N4c1ccccc1N2c1ccccc1. The van der Waals surface area contributed by atoms with E-state index in [1.165, 1.54) is 26.1 Å². The average molecular weight is 558 g/mol. The number of hydrogen-bond donors (Lipinski definition) is 1. The minimum absolute atomic E-state index is 0.0398. The summed E-state index contributed by atoms with van der Waals surface area (Å²) in [5.41, 5.74) is 8.97. The quantitative estimate of drug-likeness (QED) is 0.161. The molecular formula is C37H23N3OS. The molecule has 7 aromatic rings. The van der Waals surface area contributed by atoms with Gasteiger partial charge in [0.05, 0.1) is 39.6 Å². The maximum absolute atomic E-state index is 14.4. The Hall–Kier alpha value is -5.26. The third-order valence-corrected chi connectivity index (χ3v) is 11.5. The molecule has 3 aliphatic rings. The van der Waals surface area contributed by atoms with E-state index in [0.717, 1.165) is 50.1 Å². The van der Waals surface area contributed by atoms with Crippen LogP contribution >= 0.6 is 10.9 Å². The normalized spacial score (nSPS) is 16.2. The van der Waals surface area contributed by atoms with Crippen LogP contribution in [0.3, 0.4) is 0 Å². The van der Waals surface area contributed by atoms with E-state index in [0.29, 0.717) is 0 Å². The molecule has 0 N–H and O–H groups in total. The van der Waals surface area contributed by atoms with Crippen molar-refractivity contribution in [3.05, 3.63) is 144 Å². The van der Waals surface area contributed by atoms with E-state index in [1.807, 2.05) is 22.8 Å². The molecule has 0 radical (unpaired) electrons. The number of fused-ring (bicyclic) bond motifs is 9. The number of anilines is 6. The van der Waals surface area contributed by atoms with Gasteiger partial charge in [0, 0.05) is 31.1 Å². The molecule has 0 fully saturated rings. The van der Waals surface area contributed by atoms with Crippen molar-refractivity contribution in [1.29, 1.82) is 0 Å². The lowest BCUT2D eigenvalue weighted by Gasteiger charge is -2.48. The van der Waals surface area contributed by atoms with E-state index in [-0.39, 0.29) is 5.56 Å². The summed E-state index contributed by atoms with van der Waals surface area (Å²) in [6, 6.07) is 47.1. The third-order valence-electron chi connectivity index (χ3n) is 8.91. The monoisotopic (exact) mass is 557 g/mol. The molecule has 3 aliphatic heterocycles. The predicted molar refractivity (Wildman–Crippen MR) is 174 cm³/mol. The fourth-order valence-electron chi connectivity index (χ4n) is 7.29. The molecule has 0 saturated carbocycles. The van der Waals surface area contributed by atoms with Crippen LogP contribution < -0.4 is 15.4 Å². The molecule has 0 bridgehead atoms. The number of thiol groups is 1. The van der Waals surface area contributed by atoms with Crippen LogP contribution in [0.5, 0.6) is 0 Å². The lowest BCUT2D eigenvalue weighted by molar-refractivity contribution is 0.973. The first-order valence-electron chi connectivity index (χ1n) is 14.2. The Kier molecular flexibility index (Phi) is 4.24. The Labute approximate surface area is 244 Å². The zero-order valence-electron chi connectivity index (χ0n) is 22.4. The number of benzene rings is 6. The molecule has 1 atom stereocenters. The summed E-state index contributed by atoms with van der Waals surface area (Å²) < 4.78 is 2.00. The van der Waals surface area contributed by atoms with Crippen LogP contribution in [0.15, 0.2) is 153 Å². The number of aromatic nitrogens is 1. The maximum Gasteiger partial charge on any atom is 0.263 e. The summed E-state index contributed by atoms with van der Waals surface area (Å²) in [6.07, 6.45) is 0. The van der Waals surface area contributed by atoms with Crippen LogP contribution in [-0.2, 0) is 0 Å². The molecule has 4 heterocycles. The first kappa shape index (κ1) is 22.4. The second-order valence-corrected chi connectivity index (χ2v) is 13.1. The van der Waals surface area contributed by atoms with E-state index in [9.17, 15) is 4.79 Å². The van der Waals surface area contributed by atoms with E-state index in [1.54, 1.807) is 0 Å². The minimum atomic E-state index is -0.928. The molecule has 6 aromatic carbocycles. The molecule has 4 nitrogen and oxygen atoms in total. The van der Waals surface area contributed by atoms with Gasteiger partial charge in [-0.05, 0) is 66.0 Å². The number of nitrogens with zero attached hydrogens (tertiary/aromatic N) is 3. The van der Waals surface area contributed by atoms with Gasteiger partial charge in [0.2, 0.25) is 0 Å². The fourth-order valence-corrected chi connectivity index (χ4v) is 10.2. The zero-order valence-corrected chi connectivity index (χ0v) is 23.3. The lowest BCUT2D eigenvalue weighted by Crippen LogP contribution is -2.30. The highest BCUT2D eigenvalue weighted by Crippen LogP contribution is 2.71. The molecule has 5 heteroatoms. The van der Waals surface area contributed by atoms with Crippen molar-refractivity contribution >= 4 is 66.7 Å². The molecule has 0 spiro atoms. The molecule has 10 rings (SSSR count). The Morgan fingerprint density at radius 1 is 0.452 bits per heavy atom. The van der Waals surface area contributed by atoms with E-state index >= 15 is 0 Å². The topological polar surface area (TPSA) is 28.5 Å². The van der Waals surface area contributed by atoms with Gasteiger partial charge in [0.1, 0.15) is 0 Å². The van der Waals surface area contributed by atoms with Crippen LogP contribution in [0.1, 0.15) is 0 Å². The number of rotatable bonds is 1. The van der Waals surface area contributed by atoms with Gasteiger partial charge in [-0.15, -0.1) is 0 Å². The highest BCUT2D eigenvalue weighted by Gasteiger charge is 2.42. The highest BCUT2D eigenvalue weighted by atomic mass is 32.2. The summed E-state index contributed by atoms with van der Waals surface area (Å²) >= 11 is 0. The predicted octanol–water partition coefficient (Wildman–Crippen LogP) is 9.50. The van der Waals surface area contributed by atoms with Crippen LogP contribution in [-0.4, -0.2) is 4.57 Å². The van der Waals surface area contributed by atoms with Gasteiger partial charge >= 0.3 is 0 Å². The number of pyridine rings is 1. The Morgan fingerprint density at radius 3 is 1.90 bits per heavy atom. The molecule has 42 heavy (non-hydrogen) atoms. The van der Waals surface area contributed by atoms with E-state index in [2.05, 4.69) is 125 Å². The largest absolute Gasteiger partial charge is 0.306 e. The van der Waals surface area contributed by atoms with Crippen molar-refractivity contribution < 1.29 is 0 Å². The van der Waals surface area contributed by atoms with E-state index in [4.69, 9.17) is 0 Å². The van der Waals surface area contributed by atoms with Gasteiger partial charge in [-0.2, -0.15) is 10.9 Å². The van der Waals surface area contributed by atoms with Gasteiger partial charge < -0.3 is 9.80 Å². The summed E-state index contributed by atoms with van der Waals surface area (Å²) in [6.45, 7) is 0. The first-order valence-corrected chi connectivity index (χ1v) is 15.5. The molecule has 1 unspecified atom stereocenters. The average Bonchev–Trinajstić information content (AvgIpc) is 3.06. The van der Waals surface area contributed by atoms with E-state index < -0.39 is 10.9 Å². The molecule has 1 aromatic heterocycles. The van der Waals surface area contributed by atoms with Crippen LogP contribution in [0.4, 0.5) is 34.1 Å². The lowest BCUT2D eigenvalue weighted by atomic mass is 10.0. The second-order valence-electron chi connectivity index (χ2n) is 11.0. The van der Waals surface area contributed by atoms with Crippen molar-refractivity contribution in [1.82, 2.24) is 4.57 Å². The van der Waals surface area contributed by atoms with Gasteiger partial charge in [0.15, 0.2) is 0 Å². The van der Waals surface area contributed by atoms with Crippen molar-refractivity contribution in [3.8, 4) is 5.69 Å².